The molecular formula is C17H19ClN4O. The van der Waals surface area contributed by atoms with Gasteiger partial charge in [0.15, 0.2) is 0 Å². The number of aryl methyl sites for hydroxylation is 1. The molecule has 0 aliphatic heterocycles. The molecular weight excluding hydrogens is 312 g/mol. The Morgan fingerprint density at radius 3 is 2.74 bits per heavy atom. The van der Waals surface area contributed by atoms with Crippen LogP contribution < -0.4 is 10.6 Å². The highest BCUT2D eigenvalue weighted by Gasteiger charge is 2.32. The molecule has 0 bridgehead atoms. The number of nitrogens with one attached hydrogen (secondary N) is 2. The van der Waals surface area contributed by atoms with E-state index >= 15 is 0 Å². The zero-order chi connectivity index (χ0) is 16.4. The Kier molecular flexibility index (Phi) is 4.48. The van der Waals surface area contributed by atoms with Gasteiger partial charge in [-0.3, -0.25) is 4.79 Å². The van der Waals surface area contributed by atoms with Crippen LogP contribution in [0.3, 0.4) is 0 Å². The van der Waals surface area contributed by atoms with E-state index in [9.17, 15) is 4.79 Å². The van der Waals surface area contributed by atoms with E-state index in [0.717, 1.165) is 29.9 Å². The largest absolute Gasteiger partial charge is 0.373 e. The number of anilines is 1. The highest BCUT2D eigenvalue weighted by molar-refractivity contribution is 6.31. The van der Waals surface area contributed by atoms with Gasteiger partial charge in [0.25, 0.3) is 5.91 Å². The molecule has 1 aliphatic carbocycles. The first-order valence-electron chi connectivity index (χ1n) is 7.63. The molecule has 2 aromatic rings. The van der Waals surface area contributed by atoms with Crippen LogP contribution in [0.5, 0.6) is 0 Å². The third-order valence-corrected chi connectivity index (χ3v) is 4.68. The fourth-order valence-electron chi connectivity index (χ4n) is 2.71. The predicted octanol–water partition coefficient (Wildman–Crippen LogP) is 3.16. The smallest absolute Gasteiger partial charge is 0.251 e. The van der Waals surface area contributed by atoms with Crippen LogP contribution in [0.15, 0.2) is 30.6 Å². The molecule has 0 atom stereocenters. The number of amides is 1. The summed E-state index contributed by atoms with van der Waals surface area (Å²) in [5.74, 6) is 1.11. The SMILES string of the molecule is CNc1cc(C2CC(NC(=O)c3ccc(C)c(Cl)c3)C2)ncn1. The van der Waals surface area contributed by atoms with Crippen LogP contribution in [0.1, 0.15) is 40.4 Å². The highest BCUT2D eigenvalue weighted by Crippen LogP contribution is 2.36. The summed E-state index contributed by atoms with van der Waals surface area (Å²) in [7, 11) is 1.84. The summed E-state index contributed by atoms with van der Waals surface area (Å²) in [4.78, 5) is 20.7. The molecule has 120 valence electrons. The molecule has 1 aliphatic rings. The second-order valence-corrected chi connectivity index (χ2v) is 6.29. The van der Waals surface area contributed by atoms with Gasteiger partial charge < -0.3 is 10.6 Å². The van der Waals surface area contributed by atoms with Crippen molar-refractivity contribution in [1.82, 2.24) is 15.3 Å². The van der Waals surface area contributed by atoms with Crippen molar-refractivity contribution < 1.29 is 4.79 Å². The van der Waals surface area contributed by atoms with E-state index in [4.69, 9.17) is 11.6 Å². The Morgan fingerprint density at radius 1 is 1.26 bits per heavy atom. The van der Waals surface area contributed by atoms with Crippen LogP contribution in [0, 0.1) is 6.92 Å². The quantitative estimate of drug-likeness (QED) is 0.903. The molecule has 0 saturated heterocycles. The minimum atomic E-state index is -0.0750. The molecule has 5 nitrogen and oxygen atoms in total. The second kappa shape index (κ2) is 6.54. The molecule has 1 saturated carbocycles. The zero-order valence-corrected chi connectivity index (χ0v) is 13.9. The molecule has 6 heteroatoms. The van der Waals surface area contributed by atoms with E-state index in [1.807, 2.05) is 26.1 Å². The lowest BCUT2D eigenvalue weighted by Crippen LogP contribution is -2.43. The Bertz CT molecular complexity index is 728. The maximum Gasteiger partial charge on any atom is 0.251 e. The molecule has 23 heavy (non-hydrogen) atoms. The van der Waals surface area contributed by atoms with Crippen molar-refractivity contribution in [2.24, 2.45) is 0 Å². The van der Waals surface area contributed by atoms with Crippen LogP contribution >= 0.6 is 11.6 Å². The molecule has 3 rings (SSSR count). The second-order valence-electron chi connectivity index (χ2n) is 5.88. The summed E-state index contributed by atoms with van der Waals surface area (Å²) < 4.78 is 0. The Balaban J connectivity index is 1.57. The van der Waals surface area contributed by atoms with Gasteiger partial charge in [-0.15, -0.1) is 0 Å². The van der Waals surface area contributed by atoms with Gasteiger partial charge in [-0.1, -0.05) is 17.7 Å². The number of nitrogens with zero attached hydrogens (tertiary/aromatic N) is 2. The fourth-order valence-corrected chi connectivity index (χ4v) is 2.89. The summed E-state index contributed by atoms with van der Waals surface area (Å²) in [5, 5.41) is 6.68. The fraction of sp³-hybridized carbons (Fsp3) is 0.353. The highest BCUT2D eigenvalue weighted by atomic mass is 35.5. The van der Waals surface area contributed by atoms with E-state index in [2.05, 4.69) is 20.6 Å². The van der Waals surface area contributed by atoms with Crippen LogP contribution in [0.2, 0.25) is 5.02 Å². The van der Waals surface area contributed by atoms with E-state index in [-0.39, 0.29) is 11.9 Å². The molecule has 0 radical (unpaired) electrons. The van der Waals surface area contributed by atoms with Crippen molar-refractivity contribution in [3.8, 4) is 0 Å². The zero-order valence-electron chi connectivity index (χ0n) is 13.1. The van der Waals surface area contributed by atoms with Gasteiger partial charge >= 0.3 is 0 Å². The number of rotatable bonds is 4. The minimum Gasteiger partial charge on any atom is -0.373 e. The maximum atomic E-state index is 12.2. The van der Waals surface area contributed by atoms with Crippen LogP contribution in [-0.4, -0.2) is 29.0 Å². The maximum absolute atomic E-state index is 12.2. The molecule has 1 heterocycles. The average Bonchev–Trinajstić information content (AvgIpc) is 2.52. The summed E-state index contributed by atoms with van der Waals surface area (Å²) in [6.07, 6.45) is 3.36. The van der Waals surface area contributed by atoms with Crippen molar-refractivity contribution in [3.05, 3.63) is 52.4 Å². The summed E-state index contributed by atoms with van der Waals surface area (Å²) in [6.45, 7) is 1.92. The first kappa shape index (κ1) is 15.7. The minimum absolute atomic E-state index is 0.0750. The number of carbonyl (C=O) groups excluding carboxylic acids is 1. The number of benzene rings is 1. The van der Waals surface area contributed by atoms with Gasteiger partial charge in [-0.25, -0.2) is 9.97 Å². The Morgan fingerprint density at radius 2 is 2.04 bits per heavy atom. The summed E-state index contributed by atoms with van der Waals surface area (Å²) >= 11 is 6.07. The first-order valence-corrected chi connectivity index (χ1v) is 8.01. The number of hydrogen-bond donors (Lipinski definition) is 2. The van der Waals surface area contributed by atoms with Crippen LogP contribution in [-0.2, 0) is 0 Å². The van der Waals surface area contributed by atoms with E-state index in [0.29, 0.717) is 16.5 Å². The molecule has 1 aromatic carbocycles. The molecule has 1 fully saturated rings. The molecule has 1 amide bonds. The van der Waals surface area contributed by atoms with Gasteiger partial charge in [0.05, 0.1) is 0 Å². The van der Waals surface area contributed by atoms with Crippen LogP contribution in [0.25, 0.3) is 0 Å². The number of halogens is 1. The topological polar surface area (TPSA) is 66.9 Å². The van der Waals surface area contributed by atoms with Gasteiger partial charge in [0.1, 0.15) is 12.1 Å². The average molecular weight is 331 g/mol. The van der Waals surface area contributed by atoms with Gasteiger partial charge in [0.2, 0.25) is 0 Å². The summed E-state index contributed by atoms with van der Waals surface area (Å²) in [5.41, 5.74) is 2.59. The van der Waals surface area contributed by atoms with E-state index in [1.54, 1.807) is 18.5 Å². The monoisotopic (exact) mass is 330 g/mol. The standard InChI is InChI=1S/C17H19ClN4O/c1-10-3-4-11(7-14(10)18)17(23)22-13-5-12(6-13)15-8-16(19-2)21-9-20-15/h3-4,7-9,12-13H,5-6H2,1-2H3,(H,22,23)(H,19,20,21). The summed E-state index contributed by atoms with van der Waals surface area (Å²) in [6, 6.07) is 7.52. The van der Waals surface area contributed by atoms with Crippen molar-refractivity contribution in [2.75, 3.05) is 12.4 Å². The lowest BCUT2D eigenvalue weighted by Gasteiger charge is -2.35. The Labute approximate surface area is 140 Å². The molecule has 0 spiro atoms. The number of aromatic nitrogens is 2. The normalized spacial score (nSPS) is 19.8. The van der Waals surface area contributed by atoms with E-state index in [1.165, 1.54) is 0 Å². The van der Waals surface area contributed by atoms with Gasteiger partial charge in [-0.2, -0.15) is 0 Å². The number of carbonyl (C=O) groups is 1. The molecule has 2 N–H and O–H groups in total. The Hall–Kier alpha value is -2.14. The van der Waals surface area contributed by atoms with Gasteiger partial charge in [0, 0.05) is 41.4 Å². The predicted molar refractivity (Wildman–Crippen MR) is 91.0 cm³/mol. The van der Waals surface area contributed by atoms with E-state index < -0.39 is 0 Å². The third-order valence-electron chi connectivity index (χ3n) is 4.27. The van der Waals surface area contributed by atoms with Crippen molar-refractivity contribution in [2.45, 2.75) is 31.7 Å². The lowest BCUT2D eigenvalue weighted by atomic mass is 9.78. The van der Waals surface area contributed by atoms with Gasteiger partial charge in [-0.05, 0) is 37.5 Å². The van der Waals surface area contributed by atoms with Crippen molar-refractivity contribution >= 4 is 23.3 Å². The first-order chi connectivity index (χ1) is 11.1. The van der Waals surface area contributed by atoms with Crippen LogP contribution in [0.4, 0.5) is 5.82 Å². The number of hydrogen-bond acceptors (Lipinski definition) is 4. The lowest BCUT2D eigenvalue weighted by molar-refractivity contribution is 0.0908. The third kappa shape index (κ3) is 3.45. The molecule has 0 unspecified atom stereocenters. The molecule has 1 aromatic heterocycles. The van der Waals surface area contributed by atoms with Crippen molar-refractivity contribution in [3.63, 3.8) is 0 Å². The van der Waals surface area contributed by atoms with Crippen molar-refractivity contribution in [1.29, 1.82) is 0 Å².